The SMILES string of the molecule is C/C=C/C=C1\N=C(c2ccccc2Br)OC1=O. The number of carbonyl (C=O) groups excluding carboxylic acids is 1. The summed E-state index contributed by atoms with van der Waals surface area (Å²) in [6, 6.07) is 7.47. The number of rotatable bonds is 2. The molecule has 86 valence electrons. The van der Waals surface area contributed by atoms with Crippen molar-refractivity contribution in [3.63, 3.8) is 0 Å². The average molecular weight is 292 g/mol. The second-order valence-electron chi connectivity index (χ2n) is 3.36. The van der Waals surface area contributed by atoms with Crippen LogP contribution in [-0.2, 0) is 9.53 Å². The van der Waals surface area contributed by atoms with E-state index in [1.807, 2.05) is 37.3 Å². The van der Waals surface area contributed by atoms with Gasteiger partial charge < -0.3 is 4.74 Å². The van der Waals surface area contributed by atoms with Crippen molar-refractivity contribution in [3.8, 4) is 0 Å². The van der Waals surface area contributed by atoms with Gasteiger partial charge in [-0.05, 0) is 41.1 Å². The first-order valence-corrected chi connectivity index (χ1v) is 5.90. The van der Waals surface area contributed by atoms with Crippen molar-refractivity contribution in [3.05, 3.63) is 58.2 Å². The van der Waals surface area contributed by atoms with E-state index in [0.717, 1.165) is 10.0 Å². The van der Waals surface area contributed by atoms with Crippen molar-refractivity contribution in [2.24, 2.45) is 4.99 Å². The molecule has 0 bridgehead atoms. The molecule has 0 saturated heterocycles. The van der Waals surface area contributed by atoms with E-state index < -0.39 is 5.97 Å². The Morgan fingerprint density at radius 2 is 2.12 bits per heavy atom. The highest BCUT2D eigenvalue weighted by molar-refractivity contribution is 9.10. The lowest BCUT2D eigenvalue weighted by atomic mass is 10.2. The zero-order chi connectivity index (χ0) is 12.3. The molecule has 0 unspecified atom stereocenters. The van der Waals surface area contributed by atoms with Gasteiger partial charge in [0.2, 0.25) is 5.90 Å². The molecule has 0 radical (unpaired) electrons. The molecule has 1 aliphatic rings. The standard InChI is InChI=1S/C13H10BrNO2/c1-2-3-8-11-13(16)17-12(15-11)9-6-4-5-7-10(9)14/h2-8H,1H3/b3-2+,11-8-. The van der Waals surface area contributed by atoms with Crippen LogP contribution in [0.2, 0.25) is 0 Å². The number of hydrogen-bond acceptors (Lipinski definition) is 3. The van der Waals surface area contributed by atoms with E-state index in [-0.39, 0.29) is 0 Å². The molecule has 0 fully saturated rings. The first-order valence-electron chi connectivity index (χ1n) is 5.11. The molecule has 17 heavy (non-hydrogen) atoms. The minimum absolute atomic E-state index is 0.314. The van der Waals surface area contributed by atoms with Gasteiger partial charge in [-0.1, -0.05) is 24.3 Å². The molecular weight excluding hydrogens is 282 g/mol. The monoisotopic (exact) mass is 291 g/mol. The van der Waals surface area contributed by atoms with E-state index in [4.69, 9.17) is 4.74 Å². The van der Waals surface area contributed by atoms with Gasteiger partial charge in [-0.3, -0.25) is 0 Å². The molecule has 0 amide bonds. The Morgan fingerprint density at radius 3 is 2.82 bits per heavy atom. The van der Waals surface area contributed by atoms with E-state index in [1.165, 1.54) is 0 Å². The zero-order valence-corrected chi connectivity index (χ0v) is 10.8. The first-order chi connectivity index (χ1) is 8.22. The quantitative estimate of drug-likeness (QED) is 0.620. The molecule has 0 N–H and O–H groups in total. The molecule has 2 rings (SSSR count). The topological polar surface area (TPSA) is 38.7 Å². The maximum absolute atomic E-state index is 11.5. The summed E-state index contributed by atoms with van der Waals surface area (Å²) in [6.45, 7) is 1.87. The predicted octanol–water partition coefficient (Wildman–Crippen LogP) is 3.21. The minimum atomic E-state index is -0.422. The third kappa shape index (κ3) is 2.53. The summed E-state index contributed by atoms with van der Waals surface area (Å²) < 4.78 is 5.96. The minimum Gasteiger partial charge on any atom is -0.402 e. The number of allylic oxidation sites excluding steroid dienone is 3. The van der Waals surface area contributed by atoms with E-state index in [2.05, 4.69) is 20.9 Å². The normalized spacial score (nSPS) is 17.6. The third-order valence-electron chi connectivity index (χ3n) is 2.17. The summed E-state index contributed by atoms with van der Waals surface area (Å²) in [5.41, 5.74) is 1.08. The Morgan fingerprint density at radius 1 is 1.35 bits per heavy atom. The van der Waals surface area contributed by atoms with Gasteiger partial charge in [-0.15, -0.1) is 0 Å². The molecule has 1 aliphatic heterocycles. The highest BCUT2D eigenvalue weighted by Gasteiger charge is 2.24. The zero-order valence-electron chi connectivity index (χ0n) is 9.18. The average Bonchev–Trinajstić information content (AvgIpc) is 2.68. The highest BCUT2D eigenvalue weighted by atomic mass is 79.9. The summed E-state index contributed by atoms with van der Waals surface area (Å²) in [5, 5.41) is 0. The van der Waals surface area contributed by atoms with Gasteiger partial charge in [0.15, 0.2) is 5.70 Å². The number of aliphatic imine (C=N–C) groups is 1. The highest BCUT2D eigenvalue weighted by Crippen LogP contribution is 2.22. The van der Waals surface area contributed by atoms with E-state index >= 15 is 0 Å². The van der Waals surface area contributed by atoms with E-state index in [0.29, 0.717) is 11.6 Å². The molecule has 0 aliphatic carbocycles. The van der Waals surface area contributed by atoms with Crippen LogP contribution in [0.3, 0.4) is 0 Å². The van der Waals surface area contributed by atoms with Gasteiger partial charge in [0.05, 0.1) is 5.56 Å². The molecule has 1 aromatic carbocycles. The number of esters is 1. The van der Waals surface area contributed by atoms with Crippen molar-refractivity contribution < 1.29 is 9.53 Å². The Labute approximate surface area is 108 Å². The van der Waals surface area contributed by atoms with Gasteiger partial charge in [-0.2, -0.15) is 0 Å². The molecule has 0 saturated carbocycles. The van der Waals surface area contributed by atoms with E-state index in [9.17, 15) is 4.79 Å². The van der Waals surface area contributed by atoms with Crippen LogP contribution in [0.5, 0.6) is 0 Å². The second-order valence-corrected chi connectivity index (χ2v) is 4.22. The van der Waals surface area contributed by atoms with Crippen LogP contribution in [0.1, 0.15) is 12.5 Å². The van der Waals surface area contributed by atoms with Crippen molar-refractivity contribution in [2.75, 3.05) is 0 Å². The molecule has 0 aromatic heterocycles. The maximum Gasteiger partial charge on any atom is 0.363 e. The van der Waals surface area contributed by atoms with Crippen LogP contribution in [-0.4, -0.2) is 11.9 Å². The van der Waals surface area contributed by atoms with Gasteiger partial charge in [0.25, 0.3) is 0 Å². The maximum atomic E-state index is 11.5. The Bertz CT molecular complexity index is 544. The summed E-state index contributed by atoms with van der Waals surface area (Å²) >= 11 is 3.39. The Balaban J connectivity index is 2.37. The van der Waals surface area contributed by atoms with Crippen LogP contribution in [0.25, 0.3) is 0 Å². The fourth-order valence-electron chi connectivity index (χ4n) is 1.36. The molecule has 1 aromatic rings. The number of hydrogen-bond donors (Lipinski definition) is 0. The number of nitrogens with zero attached hydrogens (tertiary/aromatic N) is 1. The van der Waals surface area contributed by atoms with Crippen molar-refractivity contribution in [1.82, 2.24) is 0 Å². The van der Waals surface area contributed by atoms with Gasteiger partial charge in [-0.25, -0.2) is 9.79 Å². The van der Waals surface area contributed by atoms with Crippen LogP contribution in [0, 0.1) is 0 Å². The first kappa shape index (κ1) is 11.8. The second kappa shape index (κ2) is 5.10. The van der Waals surface area contributed by atoms with E-state index in [1.54, 1.807) is 12.2 Å². The fourth-order valence-corrected chi connectivity index (χ4v) is 1.81. The van der Waals surface area contributed by atoms with Gasteiger partial charge >= 0.3 is 5.97 Å². The summed E-state index contributed by atoms with van der Waals surface area (Å²) in [5.74, 6) is -0.0907. The predicted molar refractivity (Wildman–Crippen MR) is 69.7 cm³/mol. The summed E-state index contributed by atoms with van der Waals surface area (Å²) in [7, 11) is 0. The third-order valence-corrected chi connectivity index (χ3v) is 2.86. The molecular formula is C13H10BrNO2. The largest absolute Gasteiger partial charge is 0.402 e. The van der Waals surface area contributed by atoms with Crippen molar-refractivity contribution in [2.45, 2.75) is 6.92 Å². The lowest BCUT2D eigenvalue weighted by molar-refractivity contribution is -0.130. The molecule has 1 heterocycles. The van der Waals surface area contributed by atoms with Crippen LogP contribution in [0.15, 0.2) is 57.7 Å². The molecule has 4 heteroatoms. The van der Waals surface area contributed by atoms with Crippen LogP contribution >= 0.6 is 15.9 Å². The van der Waals surface area contributed by atoms with Crippen LogP contribution in [0.4, 0.5) is 0 Å². The Hall–Kier alpha value is -1.68. The lowest BCUT2D eigenvalue weighted by Crippen LogP contribution is -2.05. The molecule has 0 spiro atoms. The van der Waals surface area contributed by atoms with Crippen molar-refractivity contribution in [1.29, 1.82) is 0 Å². The lowest BCUT2D eigenvalue weighted by Gasteiger charge is -2.01. The van der Waals surface area contributed by atoms with Gasteiger partial charge in [0, 0.05) is 4.47 Å². The van der Waals surface area contributed by atoms with Crippen LogP contribution < -0.4 is 0 Å². The van der Waals surface area contributed by atoms with Gasteiger partial charge in [0.1, 0.15) is 0 Å². The smallest absolute Gasteiger partial charge is 0.363 e. The number of ether oxygens (including phenoxy) is 1. The van der Waals surface area contributed by atoms with Crippen molar-refractivity contribution >= 4 is 27.8 Å². The summed E-state index contributed by atoms with van der Waals surface area (Å²) in [4.78, 5) is 15.7. The Kier molecular flexibility index (Phi) is 3.54. The number of cyclic esters (lactones) is 1. The molecule has 3 nitrogen and oxygen atoms in total. The fraction of sp³-hybridized carbons (Fsp3) is 0.0769. The number of carbonyl (C=O) groups is 1. The number of benzene rings is 1. The molecule has 0 atom stereocenters. The summed E-state index contributed by atoms with van der Waals surface area (Å²) in [6.07, 6.45) is 5.21. The number of halogens is 1.